The van der Waals surface area contributed by atoms with Gasteiger partial charge in [-0.2, -0.15) is 0 Å². The lowest BCUT2D eigenvalue weighted by molar-refractivity contribution is 0.0943. The van der Waals surface area contributed by atoms with E-state index in [2.05, 4.69) is 37.2 Å². The molecule has 1 fully saturated rings. The number of piperazine rings is 1. The second kappa shape index (κ2) is 8.54. The summed E-state index contributed by atoms with van der Waals surface area (Å²) in [5.41, 5.74) is 3.07. The van der Waals surface area contributed by atoms with E-state index in [4.69, 9.17) is 11.6 Å². The van der Waals surface area contributed by atoms with Gasteiger partial charge in [-0.25, -0.2) is 4.98 Å². The third-order valence-corrected chi connectivity index (χ3v) is 5.21. The van der Waals surface area contributed by atoms with Crippen LogP contribution in [0.15, 0.2) is 54.7 Å². The molecular weight excluding hydrogens is 374 g/mol. The second-order valence-corrected chi connectivity index (χ2v) is 7.24. The van der Waals surface area contributed by atoms with Crippen molar-refractivity contribution in [3.8, 4) is 0 Å². The number of halogens is 1. The summed E-state index contributed by atoms with van der Waals surface area (Å²) in [6.07, 6.45) is 1.53. The van der Waals surface area contributed by atoms with E-state index in [0.29, 0.717) is 12.2 Å². The van der Waals surface area contributed by atoms with Crippen molar-refractivity contribution in [1.82, 2.24) is 20.2 Å². The van der Waals surface area contributed by atoms with Crippen molar-refractivity contribution in [1.29, 1.82) is 0 Å². The zero-order chi connectivity index (χ0) is 19.3. The predicted octanol–water partition coefficient (Wildman–Crippen LogP) is 2.84. The summed E-state index contributed by atoms with van der Waals surface area (Å²) in [5.74, 6) is -0.182. The van der Waals surface area contributed by atoms with Gasteiger partial charge in [0, 0.05) is 50.0 Å². The van der Waals surface area contributed by atoms with E-state index in [9.17, 15) is 4.79 Å². The molecule has 0 atom stereocenters. The molecule has 1 aromatic heterocycles. The van der Waals surface area contributed by atoms with Gasteiger partial charge in [0.05, 0.1) is 17.2 Å². The van der Waals surface area contributed by atoms with Crippen molar-refractivity contribution in [2.75, 3.05) is 44.2 Å². The van der Waals surface area contributed by atoms with Gasteiger partial charge in [0.1, 0.15) is 5.69 Å². The van der Waals surface area contributed by atoms with Crippen LogP contribution in [0.4, 0.5) is 5.69 Å². The maximum Gasteiger partial charge on any atom is 0.271 e. The highest BCUT2D eigenvalue weighted by Gasteiger charge is 2.17. The number of anilines is 1. The Hall–Kier alpha value is -2.70. The fourth-order valence-corrected chi connectivity index (χ4v) is 3.49. The minimum Gasteiger partial charge on any atom is -0.369 e. The molecule has 0 unspecified atom stereocenters. The standard InChI is InChI=1S/C21H22ClN5O/c22-16-5-7-17(8-6-16)27-13-11-26(12-14-27)10-9-23-21(28)20-15-24-18-3-1-2-4-19(18)25-20/h1-8,15H,9-14H2,(H,23,28). The van der Waals surface area contributed by atoms with Gasteiger partial charge in [-0.3, -0.25) is 14.7 Å². The number of nitrogens with one attached hydrogen (secondary N) is 1. The van der Waals surface area contributed by atoms with Crippen molar-refractivity contribution >= 4 is 34.2 Å². The van der Waals surface area contributed by atoms with Crippen LogP contribution < -0.4 is 10.2 Å². The maximum absolute atomic E-state index is 12.3. The number of benzene rings is 2. The normalized spacial score (nSPS) is 15.0. The maximum atomic E-state index is 12.3. The van der Waals surface area contributed by atoms with Crippen LogP contribution in [-0.2, 0) is 0 Å². The first-order chi connectivity index (χ1) is 13.7. The van der Waals surface area contributed by atoms with Gasteiger partial charge in [-0.05, 0) is 36.4 Å². The molecular formula is C21H22ClN5O. The molecule has 7 heteroatoms. The largest absolute Gasteiger partial charge is 0.369 e. The summed E-state index contributed by atoms with van der Waals surface area (Å²) < 4.78 is 0. The van der Waals surface area contributed by atoms with Crippen molar-refractivity contribution in [2.24, 2.45) is 0 Å². The Balaban J connectivity index is 1.24. The molecule has 0 saturated carbocycles. The molecule has 0 radical (unpaired) electrons. The summed E-state index contributed by atoms with van der Waals surface area (Å²) in [7, 11) is 0. The second-order valence-electron chi connectivity index (χ2n) is 6.80. The van der Waals surface area contributed by atoms with E-state index < -0.39 is 0 Å². The first-order valence-electron chi connectivity index (χ1n) is 9.42. The quantitative estimate of drug-likeness (QED) is 0.719. The van der Waals surface area contributed by atoms with E-state index in [-0.39, 0.29) is 5.91 Å². The number of hydrogen-bond donors (Lipinski definition) is 1. The Morgan fingerprint density at radius 3 is 2.46 bits per heavy atom. The van der Waals surface area contributed by atoms with E-state index in [1.165, 1.54) is 11.9 Å². The Morgan fingerprint density at radius 2 is 1.71 bits per heavy atom. The van der Waals surface area contributed by atoms with Gasteiger partial charge >= 0.3 is 0 Å². The Bertz CT molecular complexity index is 954. The summed E-state index contributed by atoms with van der Waals surface area (Å²) in [6.45, 7) is 5.27. The molecule has 1 N–H and O–H groups in total. The Labute approximate surface area is 169 Å². The highest BCUT2D eigenvalue weighted by molar-refractivity contribution is 6.30. The van der Waals surface area contributed by atoms with Crippen LogP contribution in [0.25, 0.3) is 11.0 Å². The van der Waals surface area contributed by atoms with Crippen molar-refractivity contribution in [3.63, 3.8) is 0 Å². The number of carbonyl (C=O) groups excluding carboxylic acids is 1. The summed E-state index contributed by atoms with van der Waals surface area (Å²) in [6, 6.07) is 15.5. The smallest absolute Gasteiger partial charge is 0.271 e. The van der Waals surface area contributed by atoms with Gasteiger partial charge in [-0.1, -0.05) is 23.7 Å². The molecule has 2 aromatic carbocycles. The molecule has 1 amide bonds. The molecule has 3 aromatic rings. The molecule has 1 saturated heterocycles. The number of carbonyl (C=O) groups is 1. The molecule has 2 heterocycles. The van der Waals surface area contributed by atoms with E-state index in [1.807, 2.05) is 36.4 Å². The van der Waals surface area contributed by atoms with Crippen LogP contribution in [-0.4, -0.2) is 60.0 Å². The fraction of sp³-hybridized carbons (Fsp3) is 0.286. The molecule has 0 spiro atoms. The number of rotatable bonds is 5. The van der Waals surface area contributed by atoms with Crippen LogP contribution in [0, 0.1) is 0 Å². The SMILES string of the molecule is O=C(NCCN1CCN(c2ccc(Cl)cc2)CC1)c1cnc2ccccc2n1. The Morgan fingerprint density at radius 1 is 1.00 bits per heavy atom. The third kappa shape index (κ3) is 4.40. The van der Waals surface area contributed by atoms with Crippen molar-refractivity contribution < 1.29 is 4.79 Å². The molecule has 0 bridgehead atoms. The first kappa shape index (κ1) is 18.7. The van der Waals surface area contributed by atoms with Gasteiger partial charge in [-0.15, -0.1) is 0 Å². The zero-order valence-corrected chi connectivity index (χ0v) is 16.3. The third-order valence-electron chi connectivity index (χ3n) is 4.96. The van der Waals surface area contributed by atoms with Crippen molar-refractivity contribution in [2.45, 2.75) is 0 Å². The van der Waals surface area contributed by atoms with E-state index in [1.54, 1.807) is 0 Å². The highest BCUT2D eigenvalue weighted by atomic mass is 35.5. The lowest BCUT2D eigenvalue weighted by Gasteiger charge is -2.36. The van der Waals surface area contributed by atoms with Crippen LogP contribution in [0.2, 0.25) is 5.02 Å². The van der Waals surface area contributed by atoms with Crippen LogP contribution >= 0.6 is 11.6 Å². The predicted molar refractivity (Wildman–Crippen MR) is 112 cm³/mol. The molecule has 0 aliphatic carbocycles. The molecule has 144 valence electrons. The zero-order valence-electron chi connectivity index (χ0n) is 15.5. The minimum absolute atomic E-state index is 0.182. The van der Waals surface area contributed by atoms with E-state index >= 15 is 0 Å². The molecule has 6 nitrogen and oxygen atoms in total. The Kier molecular flexibility index (Phi) is 5.69. The number of para-hydroxylation sites is 2. The average Bonchev–Trinajstić information content (AvgIpc) is 2.74. The number of aromatic nitrogens is 2. The van der Waals surface area contributed by atoms with Gasteiger partial charge in [0.2, 0.25) is 0 Å². The molecule has 1 aliphatic rings. The lowest BCUT2D eigenvalue weighted by Crippen LogP contribution is -2.48. The molecule has 1 aliphatic heterocycles. The summed E-state index contributed by atoms with van der Waals surface area (Å²) >= 11 is 5.96. The summed E-state index contributed by atoms with van der Waals surface area (Å²) in [5, 5.41) is 3.71. The first-order valence-corrected chi connectivity index (χ1v) is 9.80. The monoisotopic (exact) mass is 395 g/mol. The van der Waals surface area contributed by atoms with Crippen LogP contribution in [0.3, 0.4) is 0 Å². The number of hydrogen-bond acceptors (Lipinski definition) is 5. The number of nitrogens with zero attached hydrogens (tertiary/aromatic N) is 4. The van der Waals surface area contributed by atoms with E-state index in [0.717, 1.165) is 48.8 Å². The minimum atomic E-state index is -0.182. The lowest BCUT2D eigenvalue weighted by atomic mass is 10.2. The number of amides is 1. The highest BCUT2D eigenvalue weighted by Crippen LogP contribution is 2.19. The summed E-state index contributed by atoms with van der Waals surface area (Å²) in [4.78, 5) is 25.7. The average molecular weight is 396 g/mol. The van der Waals surface area contributed by atoms with Gasteiger partial charge in [0.15, 0.2) is 0 Å². The van der Waals surface area contributed by atoms with Gasteiger partial charge < -0.3 is 10.2 Å². The molecule has 4 rings (SSSR count). The molecule has 28 heavy (non-hydrogen) atoms. The fourth-order valence-electron chi connectivity index (χ4n) is 3.37. The number of fused-ring (bicyclic) bond motifs is 1. The van der Waals surface area contributed by atoms with Crippen molar-refractivity contribution in [3.05, 3.63) is 65.4 Å². The van der Waals surface area contributed by atoms with Gasteiger partial charge in [0.25, 0.3) is 5.91 Å². The van der Waals surface area contributed by atoms with Crippen LogP contribution in [0.1, 0.15) is 10.5 Å². The topological polar surface area (TPSA) is 61.4 Å². The van der Waals surface area contributed by atoms with Crippen LogP contribution in [0.5, 0.6) is 0 Å².